The van der Waals surface area contributed by atoms with E-state index in [1.54, 1.807) is 26.0 Å². The summed E-state index contributed by atoms with van der Waals surface area (Å²) in [7, 11) is 3.31. The second-order valence-corrected chi connectivity index (χ2v) is 6.14. The molecule has 1 unspecified atom stereocenters. The van der Waals surface area contributed by atoms with Crippen molar-refractivity contribution in [2.45, 2.75) is 32.2 Å². The van der Waals surface area contributed by atoms with Gasteiger partial charge in [0.2, 0.25) is 0 Å². The van der Waals surface area contributed by atoms with Crippen molar-refractivity contribution in [2.75, 3.05) is 25.3 Å². The second-order valence-electron chi connectivity index (χ2n) is 5.06. The molecule has 1 aliphatic rings. The van der Waals surface area contributed by atoms with E-state index in [9.17, 15) is 0 Å². The molecule has 1 aromatic carbocycles. The standard InChI is InChI=1S/C15H22N2O2S/c1-5-15(2)8-9-20-14(17-15)16-12-7-6-11(18-3)10-13(12)19-4/h6-7,10H,5,8-9H2,1-4H3,(H,16,17). The van der Waals surface area contributed by atoms with Crippen molar-refractivity contribution in [2.24, 2.45) is 4.99 Å². The summed E-state index contributed by atoms with van der Waals surface area (Å²) in [6.45, 7) is 4.39. The second kappa shape index (κ2) is 6.39. The smallest absolute Gasteiger partial charge is 0.161 e. The maximum absolute atomic E-state index is 5.40. The molecule has 2 rings (SSSR count). The number of rotatable bonds is 4. The lowest BCUT2D eigenvalue weighted by molar-refractivity contribution is 0.395. The molecule has 1 aliphatic heterocycles. The van der Waals surface area contributed by atoms with Crippen molar-refractivity contribution in [3.63, 3.8) is 0 Å². The van der Waals surface area contributed by atoms with E-state index in [0.717, 1.165) is 40.9 Å². The summed E-state index contributed by atoms with van der Waals surface area (Å²) in [5.41, 5.74) is 0.965. The average Bonchev–Trinajstić information content (AvgIpc) is 2.48. The molecule has 0 saturated heterocycles. The van der Waals surface area contributed by atoms with Crippen molar-refractivity contribution >= 4 is 22.6 Å². The number of nitrogens with one attached hydrogen (secondary N) is 1. The first-order valence-corrected chi connectivity index (χ1v) is 7.80. The van der Waals surface area contributed by atoms with E-state index in [-0.39, 0.29) is 5.54 Å². The molecule has 110 valence electrons. The molecule has 0 aliphatic carbocycles. The highest BCUT2D eigenvalue weighted by Gasteiger charge is 2.26. The summed E-state index contributed by atoms with van der Waals surface area (Å²) >= 11 is 1.76. The first-order valence-electron chi connectivity index (χ1n) is 6.82. The van der Waals surface area contributed by atoms with Crippen LogP contribution in [0.5, 0.6) is 11.5 Å². The van der Waals surface area contributed by atoms with E-state index in [1.807, 2.05) is 18.2 Å². The molecule has 1 N–H and O–H groups in total. The monoisotopic (exact) mass is 294 g/mol. The minimum Gasteiger partial charge on any atom is -0.497 e. The lowest BCUT2D eigenvalue weighted by Gasteiger charge is -2.29. The van der Waals surface area contributed by atoms with Gasteiger partial charge in [-0.1, -0.05) is 18.7 Å². The van der Waals surface area contributed by atoms with Crippen LogP contribution in [0.4, 0.5) is 5.69 Å². The van der Waals surface area contributed by atoms with Crippen molar-refractivity contribution in [1.82, 2.24) is 0 Å². The number of hydrogen-bond acceptors (Lipinski definition) is 5. The Bertz CT molecular complexity index is 505. The van der Waals surface area contributed by atoms with Crippen LogP contribution in [0.1, 0.15) is 26.7 Å². The molecule has 0 amide bonds. The number of thioether (sulfide) groups is 1. The molecular weight excluding hydrogens is 272 g/mol. The SMILES string of the molecule is CCC1(C)CCSC(Nc2ccc(OC)cc2OC)=N1. The first-order chi connectivity index (χ1) is 9.60. The summed E-state index contributed by atoms with van der Waals surface area (Å²) in [6.07, 6.45) is 2.18. The minimum absolute atomic E-state index is 0.0489. The average molecular weight is 294 g/mol. The van der Waals surface area contributed by atoms with Crippen LogP contribution in [-0.4, -0.2) is 30.7 Å². The van der Waals surface area contributed by atoms with Gasteiger partial charge in [-0.2, -0.15) is 0 Å². The Balaban J connectivity index is 2.21. The predicted octanol–water partition coefficient (Wildman–Crippen LogP) is 3.78. The van der Waals surface area contributed by atoms with Crippen LogP contribution in [0.25, 0.3) is 0 Å². The van der Waals surface area contributed by atoms with Crippen molar-refractivity contribution < 1.29 is 9.47 Å². The Morgan fingerprint density at radius 1 is 1.35 bits per heavy atom. The lowest BCUT2D eigenvalue weighted by Crippen LogP contribution is -2.29. The molecule has 1 aromatic rings. The van der Waals surface area contributed by atoms with E-state index in [1.165, 1.54) is 0 Å². The molecule has 0 aromatic heterocycles. The Labute approximate surface area is 125 Å². The van der Waals surface area contributed by atoms with Crippen LogP contribution in [-0.2, 0) is 0 Å². The lowest BCUT2D eigenvalue weighted by atomic mass is 9.97. The third kappa shape index (κ3) is 3.39. The van der Waals surface area contributed by atoms with Gasteiger partial charge < -0.3 is 14.8 Å². The third-order valence-corrected chi connectivity index (χ3v) is 4.54. The zero-order valence-corrected chi connectivity index (χ0v) is 13.3. The van der Waals surface area contributed by atoms with E-state index in [0.29, 0.717) is 0 Å². The Hall–Kier alpha value is -1.36. The van der Waals surface area contributed by atoms with Gasteiger partial charge in [0.25, 0.3) is 0 Å². The number of hydrogen-bond donors (Lipinski definition) is 1. The van der Waals surface area contributed by atoms with Crippen molar-refractivity contribution in [3.05, 3.63) is 18.2 Å². The molecular formula is C15H22N2O2S. The highest BCUT2D eigenvalue weighted by molar-refractivity contribution is 8.14. The minimum atomic E-state index is 0.0489. The highest BCUT2D eigenvalue weighted by Crippen LogP contribution is 2.33. The Kier molecular flexibility index (Phi) is 4.81. The number of benzene rings is 1. The summed E-state index contributed by atoms with van der Waals surface area (Å²) in [6, 6.07) is 5.74. The van der Waals surface area contributed by atoms with Crippen LogP contribution in [0, 0.1) is 0 Å². The third-order valence-electron chi connectivity index (χ3n) is 3.66. The molecule has 20 heavy (non-hydrogen) atoms. The molecule has 0 saturated carbocycles. The van der Waals surface area contributed by atoms with Gasteiger partial charge >= 0.3 is 0 Å². The molecule has 4 nitrogen and oxygen atoms in total. The van der Waals surface area contributed by atoms with Crippen LogP contribution in [0.2, 0.25) is 0 Å². The van der Waals surface area contributed by atoms with Crippen molar-refractivity contribution in [3.8, 4) is 11.5 Å². The molecule has 5 heteroatoms. The van der Waals surface area contributed by atoms with Gasteiger partial charge in [0, 0.05) is 11.8 Å². The fraction of sp³-hybridized carbons (Fsp3) is 0.533. The van der Waals surface area contributed by atoms with Gasteiger partial charge in [-0.25, -0.2) is 0 Å². The molecule has 0 radical (unpaired) electrons. The van der Waals surface area contributed by atoms with Crippen LogP contribution in [0.3, 0.4) is 0 Å². The number of ether oxygens (including phenoxy) is 2. The largest absolute Gasteiger partial charge is 0.497 e. The van der Waals surface area contributed by atoms with Gasteiger partial charge in [-0.15, -0.1) is 0 Å². The quantitative estimate of drug-likeness (QED) is 0.917. The van der Waals surface area contributed by atoms with Crippen LogP contribution < -0.4 is 14.8 Å². The maximum Gasteiger partial charge on any atom is 0.161 e. The van der Waals surface area contributed by atoms with Gasteiger partial charge in [0.15, 0.2) is 5.17 Å². The van der Waals surface area contributed by atoms with E-state index >= 15 is 0 Å². The zero-order valence-electron chi connectivity index (χ0n) is 12.5. The molecule has 1 heterocycles. The van der Waals surface area contributed by atoms with E-state index < -0.39 is 0 Å². The van der Waals surface area contributed by atoms with Crippen molar-refractivity contribution in [1.29, 1.82) is 0 Å². The number of amidine groups is 1. The van der Waals surface area contributed by atoms with Gasteiger partial charge in [0.1, 0.15) is 11.5 Å². The predicted molar refractivity (Wildman–Crippen MR) is 86.4 cm³/mol. The summed E-state index contributed by atoms with van der Waals surface area (Å²) in [5.74, 6) is 2.63. The van der Waals surface area contributed by atoms with Gasteiger partial charge in [-0.3, -0.25) is 4.99 Å². The molecule has 0 bridgehead atoms. The van der Waals surface area contributed by atoms with Gasteiger partial charge in [-0.05, 0) is 31.9 Å². The van der Waals surface area contributed by atoms with E-state index in [4.69, 9.17) is 14.5 Å². The Morgan fingerprint density at radius 3 is 2.80 bits per heavy atom. The van der Waals surface area contributed by atoms with Crippen LogP contribution >= 0.6 is 11.8 Å². The molecule has 0 spiro atoms. The molecule has 1 atom stereocenters. The summed E-state index contributed by atoms with van der Waals surface area (Å²) in [4.78, 5) is 4.83. The Morgan fingerprint density at radius 2 is 2.15 bits per heavy atom. The van der Waals surface area contributed by atoms with Crippen LogP contribution in [0.15, 0.2) is 23.2 Å². The summed E-state index contributed by atoms with van der Waals surface area (Å²) in [5, 5.41) is 4.34. The van der Waals surface area contributed by atoms with Gasteiger partial charge in [0.05, 0.1) is 25.4 Å². The highest BCUT2D eigenvalue weighted by atomic mass is 32.2. The zero-order chi connectivity index (χ0) is 14.6. The maximum atomic E-state index is 5.40. The number of nitrogens with zero attached hydrogens (tertiary/aromatic N) is 1. The number of anilines is 1. The topological polar surface area (TPSA) is 42.8 Å². The summed E-state index contributed by atoms with van der Waals surface area (Å²) < 4.78 is 10.6. The van der Waals surface area contributed by atoms with E-state index in [2.05, 4.69) is 19.2 Å². The number of methoxy groups -OCH3 is 2. The fourth-order valence-electron chi connectivity index (χ4n) is 2.04. The molecule has 0 fully saturated rings. The number of aliphatic imine (C=N–C) groups is 1. The first kappa shape index (κ1) is 15.0. The normalized spacial score (nSPS) is 22.1. The fourth-order valence-corrected chi connectivity index (χ4v) is 3.24.